The van der Waals surface area contributed by atoms with Crippen molar-refractivity contribution in [1.29, 1.82) is 0 Å². The van der Waals surface area contributed by atoms with Crippen LogP contribution in [0.15, 0.2) is 71.3 Å². The van der Waals surface area contributed by atoms with Gasteiger partial charge in [0.15, 0.2) is 0 Å². The predicted octanol–water partition coefficient (Wildman–Crippen LogP) is 1.76. The molecule has 4 rings (SSSR count). The maximum Gasteiger partial charge on any atom is 0.524 e. The zero-order chi connectivity index (χ0) is 14.4. The standard InChI is InChI=1S/C16H17BN2O2/c18-20-17(21-19)15-9-8-13-11-5-2-1-4-10(11)12-6-3-7-14(15)16(12)13/h1-11,14,16H,18-19H2. The molecular weight excluding hydrogens is 263 g/mol. The molecule has 0 saturated heterocycles. The minimum atomic E-state index is -0.703. The van der Waals surface area contributed by atoms with Gasteiger partial charge in [-0.15, -0.1) is 0 Å². The highest BCUT2D eigenvalue weighted by Gasteiger charge is 2.48. The van der Waals surface area contributed by atoms with E-state index >= 15 is 0 Å². The van der Waals surface area contributed by atoms with Crippen molar-refractivity contribution in [2.45, 2.75) is 0 Å². The van der Waals surface area contributed by atoms with Crippen LogP contribution in [0.1, 0.15) is 0 Å². The van der Waals surface area contributed by atoms with Crippen LogP contribution in [0.25, 0.3) is 0 Å². The topological polar surface area (TPSA) is 70.5 Å². The van der Waals surface area contributed by atoms with Gasteiger partial charge in [-0.25, -0.2) is 11.8 Å². The van der Waals surface area contributed by atoms with Crippen LogP contribution >= 0.6 is 0 Å². The lowest BCUT2D eigenvalue weighted by molar-refractivity contribution is 0.208. The Kier molecular flexibility index (Phi) is 3.08. The molecule has 1 fully saturated rings. The molecule has 21 heavy (non-hydrogen) atoms. The summed E-state index contributed by atoms with van der Waals surface area (Å²) in [6.07, 6.45) is 19.6. The minimum Gasteiger partial charge on any atom is -0.324 e. The number of rotatable bonds is 3. The summed E-state index contributed by atoms with van der Waals surface area (Å²) in [4.78, 5) is 0. The Balaban J connectivity index is 1.80. The van der Waals surface area contributed by atoms with Crippen molar-refractivity contribution in [2.75, 3.05) is 0 Å². The molecule has 4 aliphatic carbocycles. The molecular formula is C16H17BN2O2. The first kappa shape index (κ1) is 13.0. The van der Waals surface area contributed by atoms with Crippen LogP contribution in [-0.2, 0) is 9.51 Å². The van der Waals surface area contributed by atoms with Crippen LogP contribution in [-0.4, -0.2) is 7.12 Å². The van der Waals surface area contributed by atoms with E-state index in [0.29, 0.717) is 17.8 Å². The predicted molar refractivity (Wildman–Crippen MR) is 81.9 cm³/mol. The number of nitrogens with two attached hydrogens (primary N) is 2. The van der Waals surface area contributed by atoms with Gasteiger partial charge in [-0.1, -0.05) is 65.8 Å². The Morgan fingerprint density at radius 1 is 0.762 bits per heavy atom. The zero-order valence-electron chi connectivity index (χ0n) is 11.6. The minimum absolute atomic E-state index is 0.203. The highest BCUT2D eigenvalue weighted by Crippen LogP contribution is 2.55. The molecule has 4 atom stereocenters. The van der Waals surface area contributed by atoms with Crippen molar-refractivity contribution >= 4 is 7.12 Å². The second-order valence-corrected chi connectivity index (χ2v) is 5.81. The molecule has 4 nitrogen and oxygen atoms in total. The van der Waals surface area contributed by atoms with Crippen LogP contribution in [0.2, 0.25) is 0 Å². The lowest BCUT2D eigenvalue weighted by Gasteiger charge is -2.32. The highest BCUT2D eigenvalue weighted by atomic mass is 16.7. The summed E-state index contributed by atoms with van der Waals surface area (Å²) in [7, 11) is -0.703. The van der Waals surface area contributed by atoms with Crippen molar-refractivity contribution in [3.05, 3.63) is 71.3 Å². The van der Waals surface area contributed by atoms with Gasteiger partial charge in [-0.3, -0.25) is 0 Å². The third kappa shape index (κ3) is 1.79. The van der Waals surface area contributed by atoms with Crippen molar-refractivity contribution in [2.24, 2.45) is 35.5 Å². The molecule has 0 aromatic rings. The molecule has 0 aromatic heterocycles. The maximum atomic E-state index is 5.31. The second kappa shape index (κ2) is 4.96. The molecule has 0 bridgehead atoms. The molecule has 4 N–H and O–H groups in total. The summed E-state index contributed by atoms with van der Waals surface area (Å²) in [5, 5.41) is 0. The highest BCUT2D eigenvalue weighted by molar-refractivity contribution is 6.53. The molecule has 5 heteroatoms. The van der Waals surface area contributed by atoms with Crippen molar-refractivity contribution in [1.82, 2.24) is 0 Å². The molecule has 0 spiro atoms. The van der Waals surface area contributed by atoms with Crippen LogP contribution in [0, 0.1) is 23.7 Å². The summed E-state index contributed by atoms with van der Waals surface area (Å²) in [6.45, 7) is 0. The van der Waals surface area contributed by atoms with Gasteiger partial charge >= 0.3 is 7.12 Å². The normalized spacial score (nSPS) is 34.9. The van der Waals surface area contributed by atoms with E-state index < -0.39 is 7.12 Å². The average Bonchev–Trinajstić information content (AvgIpc) is 2.87. The number of allylic oxidation sites excluding steroid dienone is 12. The van der Waals surface area contributed by atoms with E-state index in [-0.39, 0.29) is 5.92 Å². The monoisotopic (exact) mass is 280 g/mol. The molecule has 0 aliphatic heterocycles. The summed E-state index contributed by atoms with van der Waals surface area (Å²) in [5.41, 5.74) is 3.89. The van der Waals surface area contributed by atoms with E-state index in [9.17, 15) is 0 Å². The van der Waals surface area contributed by atoms with Crippen molar-refractivity contribution in [3.8, 4) is 0 Å². The molecule has 0 radical (unpaired) electrons. The lowest BCUT2D eigenvalue weighted by atomic mass is 9.62. The number of hydrogen-bond acceptors (Lipinski definition) is 4. The fourth-order valence-electron chi connectivity index (χ4n) is 4.12. The Morgan fingerprint density at radius 2 is 1.38 bits per heavy atom. The molecule has 0 amide bonds. The summed E-state index contributed by atoms with van der Waals surface area (Å²) in [6, 6.07) is 0. The Hall–Kier alpha value is -1.66. The van der Waals surface area contributed by atoms with Crippen LogP contribution in [0.5, 0.6) is 0 Å². The summed E-state index contributed by atoms with van der Waals surface area (Å²) >= 11 is 0. The fraction of sp³-hybridized carbons (Fsp3) is 0.250. The molecule has 0 aromatic carbocycles. The third-order valence-electron chi connectivity index (χ3n) is 4.96. The first-order valence-electron chi connectivity index (χ1n) is 7.21. The summed E-state index contributed by atoms with van der Waals surface area (Å²) in [5.74, 6) is 12.1. The van der Waals surface area contributed by atoms with Gasteiger partial charge < -0.3 is 9.51 Å². The third-order valence-corrected chi connectivity index (χ3v) is 4.96. The summed E-state index contributed by atoms with van der Waals surface area (Å²) < 4.78 is 9.74. The maximum absolute atomic E-state index is 5.31. The molecule has 1 saturated carbocycles. The second-order valence-electron chi connectivity index (χ2n) is 5.81. The Bertz CT molecular complexity index is 641. The lowest BCUT2D eigenvalue weighted by Crippen LogP contribution is -2.38. The van der Waals surface area contributed by atoms with Gasteiger partial charge in [0, 0.05) is 23.7 Å². The van der Waals surface area contributed by atoms with Crippen LogP contribution in [0.4, 0.5) is 0 Å². The quantitative estimate of drug-likeness (QED) is 0.610. The Labute approximate surface area is 124 Å². The first-order valence-corrected chi connectivity index (χ1v) is 7.21. The van der Waals surface area contributed by atoms with E-state index in [4.69, 9.17) is 21.3 Å². The van der Waals surface area contributed by atoms with E-state index in [1.807, 2.05) is 6.08 Å². The smallest absolute Gasteiger partial charge is 0.324 e. The van der Waals surface area contributed by atoms with Crippen molar-refractivity contribution < 1.29 is 9.51 Å². The zero-order valence-corrected chi connectivity index (χ0v) is 11.6. The van der Waals surface area contributed by atoms with Crippen molar-refractivity contribution in [3.63, 3.8) is 0 Å². The fourth-order valence-corrected chi connectivity index (χ4v) is 4.12. The Morgan fingerprint density at radius 3 is 2.05 bits per heavy atom. The van der Waals surface area contributed by atoms with Crippen LogP contribution < -0.4 is 11.8 Å². The van der Waals surface area contributed by atoms with E-state index in [2.05, 4.69) is 48.6 Å². The molecule has 0 heterocycles. The van der Waals surface area contributed by atoms with Gasteiger partial charge in [-0.2, -0.15) is 0 Å². The molecule has 4 aliphatic rings. The number of hydrogen-bond donors (Lipinski definition) is 2. The van der Waals surface area contributed by atoms with Gasteiger partial charge in [0.1, 0.15) is 0 Å². The van der Waals surface area contributed by atoms with Gasteiger partial charge in [0.2, 0.25) is 0 Å². The first-order chi connectivity index (χ1) is 10.3. The number of fused-ring (bicyclic) bond motifs is 3. The van der Waals surface area contributed by atoms with E-state index in [0.717, 1.165) is 5.47 Å². The SMILES string of the molecule is NOB(ON)C1=CC=C2C3C=CC=CC3C3=CC=CC1C32. The molecule has 106 valence electrons. The largest absolute Gasteiger partial charge is 0.524 e. The average molecular weight is 280 g/mol. The van der Waals surface area contributed by atoms with Gasteiger partial charge in [0.25, 0.3) is 0 Å². The van der Waals surface area contributed by atoms with Gasteiger partial charge in [0.05, 0.1) is 0 Å². The van der Waals surface area contributed by atoms with Gasteiger partial charge in [-0.05, 0) is 5.47 Å². The van der Waals surface area contributed by atoms with Crippen LogP contribution in [0.3, 0.4) is 0 Å². The molecule has 4 unspecified atom stereocenters. The van der Waals surface area contributed by atoms with E-state index in [1.54, 1.807) is 0 Å². The van der Waals surface area contributed by atoms with E-state index in [1.165, 1.54) is 11.1 Å².